The van der Waals surface area contributed by atoms with E-state index in [1.165, 1.54) is 22.3 Å². The molecule has 1 heterocycles. The molecule has 0 saturated carbocycles. The van der Waals surface area contributed by atoms with Crippen molar-refractivity contribution in [3.05, 3.63) is 108 Å². The molecule has 1 fully saturated rings. The predicted octanol–water partition coefficient (Wildman–Crippen LogP) is 5.68. The van der Waals surface area contributed by atoms with Gasteiger partial charge in [0.05, 0.1) is 19.8 Å². The number of carbonyl (C=O) groups excluding carboxylic acids is 1. The molecule has 5 nitrogen and oxygen atoms in total. The Kier molecular flexibility index (Phi) is 11.7. The zero-order valence-corrected chi connectivity index (χ0v) is 21.4. The highest BCUT2D eigenvalue weighted by atomic mass is 35.5. The van der Waals surface area contributed by atoms with Crippen molar-refractivity contribution < 1.29 is 14.3 Å². The molecule has 0 bridgehead atoms. The summed E-state index contributed by atoms with van der Waals surface area (Å²) in [4.78, 5) is 14.3. The lowest BCUT2D eigenvalue weighted by molar-refractivity contribution is -0.121. The van der Waals surface area contributed by atoms with Crippen LogP contribution >= 0.6 is 12.4 Å². The standard InChI is InChI=1S/C30H34N2O3.ClH/c33-29(31-28-14-8-3-9-15-28)24-35-23-22-34-21-20-32-18-16-27(17-19-32)30(25-10-4-1-5-11-25)26-12-6-2-7-13-26;/h1-15H,16-24H2,(H,31,33);1H. The first-order chi connectivity index (χ1) is 17.3. The number of amides is 1. The Hall–Kier alpha value is -2.96. The number of hydrogen-bond acceptors (Lipinski definition) is 4. The summed E-state index contributed by atoms with van der Waals surface area (Å²) in [5, 5.41) is 2.80. The molecule has 1 amide bonds. The fourth-order valence-corrected chi connectivity index (χ4v) is 4.38. The lowest BCUT2D eigenvalue weighted by Crippen LogP contribution is -2.34. The van der Waals surface area contributed by atoms with Crippen LogP contribution in [0.2, 0.25) is 0 Å². The number of benzene rings is 3. The van der Waals surface area contributed by atoms with Gasteiger partial charge in [-0.15, -0.1) is 12.4 Å². The van der Waals surface area contributed by atoms with E-state index >= 15 is 0 Å². The Morgan fingerprint density at radius 3 is 1.83 bits per heavy atom. The molecule has 6 heteroatoms. The van der Waals surface area contributed by atoms with Gasteiger partial charge in [0.2, 0.25) is 5.91 Å². The van der Waals surface area contributed by atoms with Gasteiger partial charge < -0.3 is 19.7 Å². The van der Waals surface area contributed by atoms with E-state index in [-0.39, 0.29) is 24.9 Å². The molecule has 1 aliphatic heterocycles. The van der Waals surface area contributed by atoms with Crippen molar-refractivity contribution in [3.8, 4) is 0 Å². The number of nitrogens with one attached hydrogen (secondary N) is 1. The molecule has 0 aliphatic carbocycles. The normalized spacial score (nSPS) is 13.6. The van der Waals surface area contributed by atoms with Crippen molar-refractivity contribution in [2.45, 2.75) is 12.8 Å². The quantitative estimate of drug-likeness (QED) is 0.340. The van der Waals surface area contributed by atoms with Crippen LogP contribution < -0.4 is 5.32 Å². The van der Waals surface area contributed by atoms with Crippen LogP contribution in [-0.4, -0.2) is 56.9 Å². The molecule has 3 aromatic rings. The molecular weight excluding hydrogens is 472 g/mol. The van der Waals surface area contributed by atoms with Crippen LogP contribution in [0.15, 0.2) is 96.6 Å². The minimum atomic E-state index is -0.154. The molecule has 3 aromatic carbocycles. The highest BCUT2D eigenvalue weighted by Crippen LogP contribution is 2.32. The Morgan fingerprint density at radius 2 is 1.25 bits per heavy atom. The maximum Gasteiger partial charge on any atom is 0.250 e. The Labute approximate surface area is 220 Å². The summed E-state index contributed by atoms with van der Waals surface area (Å²) in [7, 11) is 0. The minimum absolute atomic E-state index is 0. The highest BCUT2D eigenvalue weighted by molar-refractivity contribution is 5.91. The summed E-state index contributed by atoms with van der Waals surface area (Å²) in [5.41, 5.74) is 6.28. The third kappa shape index (κ3) is 8.61. The molecule has 0 radical (unpaired) electrons. The second kappa shape index (κ2) is 15.2. The third-order valence-corrected chi connectivity index (χ3v) is 6.15. The van der Waals surface area contributed by atoms with E-state index in [1.807, 2.05) is 30.3 Å². The number of carbonyl (C=O) groups is 1. The second-order valence-corrected chi connectivity index (χ2v) is 8.63. The van der Waals surface area contributed by atoms with Crippen LogP contribution in [0, 0.1) is 0 Å². The number of hydrogen-bond donors (Lipinski definition) is 1. The number of rotatable bonds is 11. The van der Waals surface area contributed by atoms with Crippen LogP contribution in [0.5, 0.6) is 0 Å². The van der Waals surface area contributed by atoms with Gasteiger partial charge in [0.15, 0.2) is 0 Å². The number of anilines is 1. The molecule has 1 N–H and O–H groups in total. The predicted molar refractivity (Wildman–Crippen MR) is 149 cm³/mol. The van der Waals surface area contributed by atoms with E-state index in [0.29, 0.717) is 19.8 Å². The van der Waals surface area contributed by atoms with E-state index < -0.39 is 0 Å². The van der Waals surface area contributed by atoms with Crippen molar-refractivity contribution in [3.63, 3.8) is 0 Å². The first kappa shape index (κ1) is 27.6. The summed E-state index contributed by atoms with van der Waals surface area (Å²) >= 11 is 0. The fraction of sp³-hybridized carbons (Fsp3) is 0.300. The van der Waals surface area contributed by atoms with Gasteiger partial charge in [0.25, 0.3) is 0 Å². The summed E-state index contributed by atoms with van der Waals surface area (Å²) in [6, 6.07) is 30.8. The van der Waals surface area contributed by atoms with Crippen LogP contribution in [0.4, 0.5) is 5.69 Å². The summed E-state index contributed by atoms with van der Waals surface area (Å²) in [5.74, 6) is -0.154. The van der Waals surface area contributed by atoms with Gasteiger partial charge in [-0.25, -0.2) is 0 Å². The molecule has 4 rings (SSSR count). The number of piperidine rings is 1. The lowest BCUT2D eigenvalue weighted by Gasteiger charge is -2.30. The molecule has 0 unspecified atom stereocenters. The number of ether oxygens (including phenoxy) is 2. The minimum Gasteiger partial charge on any atom is -0.378 e. The maximum absolute atomic E-state index is 11.9. The van der Waals surface area contributed by atoms with E-state index in [9.17, 15) is 4.79 Å². The van der Waals surface area contributed by atoms with Crippen molar-refractivity contribution in [2.75, 3.05) is 51.4 Å². The smallest absolute Gasteiger partial charge is 0.250 e. The topological polar surface area (TPSA) is 50.8 Å². The fourth-order valence-electron chi connectivity index (χ4n) is 4.38. The van der Waals surface area contributed by atoms with Crippen LogP contribution in [-0.2, 0) is 14.3 Å². The van der Waals surface area contributed by atoms with Gasteiger partial charge >= 0.3 is 0 Å². The largest absolute Gasteiger partial charge is 0.378 e. The molecule has 0 spiro atoms. The van der Waals surface area contributed by atoms with E-state index in [0.717, 1.165) is 38.2 Å². The Bertz CT molecular complexity index is 1020. The molecular formula is C30H35ClN2O3. The van der Waals surface area contributed by atoms with E-state index in [4.69, 9.17) is 9.47 Å². The van der Waals surface area contributed by atoms with Crippen molar-refractivity contribution in [1.29, 1.82) is 0 Å². The van der Waals surface area contributed by atoms with E-state index in [1.54, 1.807) is 0 Å². The zero-order valence-electron chi connectivity index (χ0n) is 20.6. The SMILES string of the molecule is Cl.O=C(COCCOCCN1CCC(=C(c2ccccc2)c2ccccc2)CC1)Nc1ccccc1. The molecule has 1 aliphatic rings. The molecule has 0 aromatic heterocycles. The molecule has 1 saturated heterocycles. The Balaban J connectivity index is 0.00000361. The Morgan fingerprint density at radius 1 is 0.722 bits per heavy atom. The van der Waals surface area contributed by atoms with Crippen LogP contribution in [0.3, 0.4) is 0 Å². The van der Waals surface area contributed by atoms with Gasteiger partial charge in [0.1, 0.15) is 6.61 Å². The average molecular weight is 507 g/mol. The van der Waals surface area contributed by atoms with Crippen LogP contribution in [0.25, 0.3) is 5.57 Å². The summed E-state index contributed by atoms with van der Waals surface area (Å²) < 4.78 is 11.2. The molecule has 0 atom stereocenters. The molecule has 36 heavy (non-hydrogen) atoms. The first-order valence-corrected chi connectivity index (χ1v) is 12.4. The average Bonchev–Trinajstić information content (AvgIpc) is 2.91. The van der Waals surface area contributed by atoms with Crippen molar-refractivity contribution >= 4 is 29.6 Å². The van der Waals surface area contributed by atoms with Gasteiger partial charge in [0, 0.05) is 25.3 Å². The number of nitrogens with zero attached hydrogens (tertiary/aromatic N) is 1. The first-order valence-electron chi connectivity index (χ1n) is 12.4. The van der Waals surface area contributed by atoms with Crippen molar-refractivity contribution in [2.24, 2.45) is 0 Å². The summed E-state index contributed by atoms with van der Waals surface area (Å²) in [6.45, 7) is 4.59. The van der Waals surface area contributed by atoms with Crippen molar-refractivity contribution in [1.82, 2.24) is 4.90 Å². The van der Waals surface area contributed by atoms with Gasteiger partial charge in [-0.05, 0) is 41.7 Å². The van der Waals surface area contributed by atoms with Gasteiger partial charge in [-0.2, -0.15) is 0 Å². The monoisotopic (exact) mass is 506 g/mol. The summed E-state index contributed by atoms with van der Waals surface area (Å²) in [6.07, 6.45) is 2.14. The van der Waals surface area contributed by atoms with Gasteiger partial charge in [-0.1, -0.05) is 84.4 Å². The number of halogens is 1. The third-order valence-electron chi connectivity index (χ3n) is 6.15. The second-order valence-electron chi connectivity index (χ2n) is 8.63. The van der Waals surface area contributed by atoms with Gasteiger partial charge in [-0.3, -0.25) is 4.79 Å². The maximum atomic E-state index is 11.9. The number of likely N-dealkylation sites (tertiary alicyclic amines) is 1. The number of para-hydroxylation sites is 1. The molecule has 190 valence electrons. The lowest BCUT2D eigenvalue weighted by atomic mass is 9.88. The zero-order chi connectivity index (χ0) is 24.1. The van der Waals surface area contributed by atoms with E-state index in [2.05, 4.69) is 70.9 Å². The highest BCUT2D eigenvalue weighted by Gasteiger charge is 2.18. The van der Waals surface area contributed by atoms with Crippen LogP contribution in [0.1, 0.15) is 24.0 Å².